The minimum Gasteiger partial charge on any atom is -0.427 e. The van der Waals surface area contributed by atoms with Crippen molar-refractivity contribution in [2.45, 2.75) is 6.92 Å². The van der Waals surface area contributed by atoms with E-state index in [1.807, 2.05) is 0 Å². The summed E-state index contributed by atoms with van der Waals surface area (Å²) in [6, 6.07) is 6.98. The fourth-order valence-corrected chi connectivity index (χ4v) is 1.84. The van der Waals surface area contributed by atoms with Crippen LogP contribution in [0.4, 0.5) is 10.9 Å². The van der Waals surface area contributed by atoms with E-state index >= 15 is 0 Å². The fraction of sp³-hybridized carbons (Fsp3) is 0.0833. The molecule has 0 atom stereocenters. The summed E-state index contributed by atoms with van der Waals surface area (Å²) in [6.07, 6.45) is 1.63. The maximum Gasteiger partial charge on any atom is 0.308 e. The summed E-state index contributed by atoms with van der Waals surface area (Å²) in [6.45, 7) is 1.36. The Kier molecular flexibility index (Phi) is 4.09. The number of carbonyl (C=O) groups excluding carboxylic acids is 1. The minimum absolute atomic E-state index is 0.343. The van der Waals surface area contributed by atoms with Crippen LogP contribution in [0.1, 0.15) is 12.5 Å². The average Bonchev–Trinajstić information content (AvgIpc) is 2.77. The SMILES string of the molecule is CC(=O)Oc1ccc(C=NNc2nc(N)cs2)cc1. The number of nitrogens with zero attached hydrogens (tertiary/aromatic N) is 2. The van der Waals surface area contributed by atoms with Gasteiger partial charge in [0.15, 0.2) is 0 Å². The number of hydrazone groups is 1. The molecule has 2 rings (SSSR count). The quantitative estimate of drug-likeness (QED) is 0.386. The summed E-state index contributed by atoms with van der Waals surface area (Å²) in [7, 11) is 0. The largest absolute Gasteiger partial charge is 0.427 e. The van der Waals surface area contributed by atoms with Crippen LogP contribution < -0.4 is 15.9 Å². The Labute approximate surface area is 113 Å². The monoisotopic (exact) mass is 276 g/mol. The first-order valence-corrected chi connectivity index (χ1v) is 6.30. The van der Waals surface area contributed by atoms with Crippen molar-refractivity contribution in [3.05, 3.63) is 35.2 Å². The first kappa shape index (κ1) is 13.0. The lowest BCUT2D eigenvalue weighted by atomic mass is 10.2. The Hall–Kier alpha value is -2.41. The van der Waals surface area contributed by atoms with Gasteiger partial charge in [-0.3, -0.25) is 10.2 Å². The lowest BCUT2D eigenvalue weighted by Crippen LogP contribution is -2.01. The van der Waals surface area contributed by atoms with Gasteiger partial charge in [0.25, 0.3) is 0 Å². The van der Waals surface area contributed by atoms with E-state index in [-0.39, 0.29) is 5.97 Å². The van der Waals surface area contributed by atoms with Gasteiger partial charge >= 0.3 is 5.97 Å². The van der Waals surface area contributed by atoms with Gasteiger partial charge in [-0.15, -0.1) is 11.3 Å². The number of nitrogen functional groups attached to an aromatic ring is 1. The standard InChI is InChI=1S/C12H12N4O2S/c1-8(17)18-10-4-2-9(3-5-10)6-14-16-12-15-11(13)7-19-12/h2-7H,13H2,1H3,(H,15,16). The molecule has 0 saturated heterocycles. The molecule has 0 aliphatic heterocycles. The highest BCUT2D eigenvalue weighted by molar-refractivity contribution is 7.14. The molecule has 0 saturated carbocycles. The van der Waals surface area contributed by atoms with Crippen LogP contribution in [0.3, 0.4) is 0 Å². The Balaban J connectivity index is 1.93. The van der Waals surface area contributed by atoms with Crippen LogP contribution in [0.2, 0.25) is 0 Å². The maximum atomic E-state index is 10.8. The molecule has 0 bridgehead atoms. The number of nitrogens with two attached hydrogens (primary N) is 1. The summed E-state index contributed by atoms with van der Waals surface area (Å²) in [5.41, 5.74) is 9.12. The number of carbonyl (C=O) groups is 1. The fourth-order valence-electron chi connectivity index (χ4n) is 1.29. The number of thiazole rings is 1. The topological polar surface area (TPSA) is 89.6 Å². The first-order chi connectivity index (χ1) is 9.13. The zero-order valence-electron chi connectivity index (χ0n) is 10.2. The van der Waals surface area contributed by atoms with Crippen LogP contribution in [0.5, 0.6) is 5.75 Å². The third kappa shape index (κ3) is 4.07. The number of ether oxygens (including phenoxy) is 1. The molecule has 98 valence electrons. The van der Waals surface area contributed by atoms with E-state index in [2.05, 4.69) is 15.5 Å². The Morgan fingerprint density at radius 2 is 2.21 bits per heavy atom. The molecule has 7 heteroatoms. The van der Waals surface area contributed by atoms with Crippen molar-refractivity contribution in [1.29, 1.82) is 0 Å². The number of hydrogen-bond donors (Lipinski definition) is 2. The second-order valence-electron chi connectivity index (χ2n) is 3.61. The van der Waals surface area contributed by atoms with Crippen LogP contribution in [-0.2, 0) is 4.79 Å². The molecular formula is C12H12N4O2S. The van der Waals surface area contributed by atoms with Crippen molar-refractivity contribution < 1.29 is 9.53 Å². The van der Waals surface area contributed by atoms with Crippen molar-refractivity contribution in [3.8, 4) is 5.75 Å². The summed E-state index contributed by atoms with van der Waals surface area (Å²) >= 11 is 1.38. The van der Waals surface area contributed by atoms with Crippen LogP contribution in [0.15, 0.2) is 34.7 Å². The molecule has 0 aliphatic carbocycles. The zero-order chi connectivity index (χ0) is 13.7. The van der Waals surface area contributed by atoms with Crippen LogP contribution in [-0.4, -0.2) is 17.2 Å². The second-order valence-corrected chi connectivity index (χ2v) is 4.47. The van der Waals surface area contributed by atoms with Crippen molar-refractivity contribution in [1.82, 2.24) is 4.98 Å². The third-order valence-electron chi connectivity index (χ3n) is 2.04. The van der Waals surface area contributed by atoms with Crippen molar-refractivity contribution in [2.75, 3.05) is 11.2 Å². The molecule has 3 N–H and O–H groups in total. The highest BCUT2D eigenvalue weighted by Crippen LogP contribution is 2.16. The Morgan fingerprint density at radius 1 is 1.47 bits per heavy atom. The number of nitrogens with one attached hydrogen (secondary N) is 1. The van der Waals surface area contributed by atoms with Gasteiger partial charge in [-0.2, -0.15) is 5.10 Å². The predicted octanol–water partition coefficient (Wildman–Crippen LogP) is 2.10. The summed E-state index contributed by atoms with van der Waals surface area (Å²) in [5.74, 6) is 0.628. The van der Waals surface area contributed by atoms with E-state index in [4.69, 9.17) is 10.5 Å². The molecular weight excluding hydrogens is 264 g/mol. The summed E-state index contributed by atoms with van der Waals surface area (Å²) in [5, 5.41) is 6.38. The van der Waals surface area contributed by atoms with E-state index in [0.29, 0.717) is 16.7 Å². The highest BCUT2D eigenvalue weighted by atomic mass is 32.1. The molecule has 1 aromatic heterocycles. The van der Waals surface area contributed by atoms with Crippen LogP contribution in [0.25, 0.3) is 0 Å². The van der Waals surface area contributed by atoms with Gasteiger partial charge in [-0.05, 0) is 29.8 Å². The molecule has 0 spiro atoms. The Bertz CT molecular complexity index is 592. The molecule has 1 aromatic carbocycles. The van der Waals surface area contributed by atoms with Gasteiger partial charge in [0.05, 0.1) is 6.21 Å². The molecule has 0 fully saturated rings. The first-order valence-electron chi connectivity index (χ1n) is 5.42. The van der Waals surface area contributed by atoms with Crippen molar-refractivity contribution in [3.63, 3.8) is 0 Å². The number of hydrogen-bond acceptors (Lipinski definition) is 7. The second kappa shape index (κ2) is 5.96. The number of rotatable bonds is 4. The van der Waals surface area contributed by atoms with Crippen LogP contribution >= 0.6 is 11.3 Å². The van der Waals surface area contributed by atoms with Gasteiger partial charge in [0.1, 0.15) is 11.6 Å². The van der Waals surface area contributed by atoms with E-state index < -0.39 is 0 Å². The van der Waals surface area contributed by atoms with Gasteiger partial charge in [-0.1, -0.05) is 0 Å². The number of aromatic nitrogens is 1. The molecule has 0 aliphatic rings. The van der Waals surface area contributed by atoms with Gasteiger partial charge in [0, 0.05) is 12.3 Å². The van der Waals surface area contributed by atoms with E-state index in [9.17, 15) is 4.79 Å². The molecule has 1 heterocycles. The van der Waals surface area contributed by atoms with E-state index in [1.165, 1.54) is 18.3 Å². The number of benzene rings is 1. The van der Waals surface area contributed by atoms with Gasteiger partial charge in [-0.25, -0.2) is 4.98 Å². The Morgan fingerprint density at radius 3 is 2.79 bits per heavy atom. The third-order valence-corrected chi connectivity index (χ3v) is 2.80. The molecule has 6 nitrogen and oxygen atoms in total. The molecule has 2 aromatic rings. The average molecular weight is 276 g/mol. The maximum absolute atomic E-state index is 10.8. The highest BCUT2D eigenvalue weighted by Gasteiger charge is 1.97. The van der Waals surface area contributed by atoms with Crippen molar-refractivity contribution >= 4 is 34.5 Å². The van der Waals surface area contributed by atoms with E-state index in [0.717, 1.165) is 5.56 Å². The number of anilines is 2. The predicted molar refractivity (Wildman–Crippen MR) is 75.5 cm³/mol. The zero-order valence-corrected chi connectivity index (χ0v) is 11.0. The van der Waals surface area contributed by atoms with E-state index in [1.54, 1.807) is 35.9 Å². The molecule has 0 amide bonds. The van der Waals surface area contributed by atoms with Gasteiger partial charge in [0.2, 0.25) is 5.13 Å². The molecule has 19 heavy (non-hydrogen) atoms. The van der Waals surface area contributed by atoms with Gasteiger partial charge < -0.3 is 10.5 Å². The molecule has 0 radical (unpaired) electrons. The van der Waals surface area contributed by atoms with Crippen molar-refractivity contribution in [2.24, 2.45) is 5.10 Å². The minimum atomic E-state index is -0.343. The van der Waals surface area contributed by atoms with Crippen LogP contribution in [0, 0.1) is 0 Å². The smallest absolute Gasteiger partial charge is 0.308 e. The lowest BCUT2D eigenvalue weighted by Gasteiger charge is -2.00. The summed E-state index contributed by atoms with van der Waals surface area (Å²) in [4.78, 5) is 14.8. The lowest BCUT2D eigenvalue weighted by molar-refractivity contribution is -0.131. The summed E-state index contributed by atoms with van der Waals surface area (Å²) < 4.78 is 4.92. The normalized spacial score (nSPS) is 10.6. The number of esters is 1. The molecule has 0 unspecified atom stereocenters.